The first kappa shape index (κ1) is 21.1. The molecule has 0 radical (unpaired) electrons. The minimum Gasteiger partial charge on any atom is -0.397 e. The van der Waals surface area contributed by atoms with Gasteiger partial charge in [-0.05, 0) is 43.2 Å². The van der Waals surface area contributed by atoms with Crippen molar-refractivity contribution < 1.29 is 4.79 Å². The molecule has 0 aliphatic heterocycles. The summed E-state index contributed by atoms with van der Waals surface area (Å²) in [4.78, 5) is 18.6. The third-order valence-electron chi connectivity index (χ3n) is 4.74. The molecular weight excluding hydrogens is 428 g/mol. The average Bonchev–Trinajstić information content (AvgIpc) is 3.30. The molecule has 1 amide bonds. The number of nitrogens with two attached hydrogens (primary N) is 1. The van der Waals surface area contributed by atoms with Crippen molar-refractivity contribution in [3.63, 3.8) is 0 Å². The van der Waals surface area contributed by atoms with Gasteiger partial charge in [0.05, 0.1) is 16.3 Å². The van der Waals surface area contributed by atoms with Crippen LogP contribution in [0, 0.1) is 13.8 Å². The second kappa shape index (κ2) is 8.91. The first-order valence-electron chi connectivity index (χ1n) is 9.65. The summed E-state index contributed by atoms with van der Waals surface area (Å²) in [7, 11) is 0. The van der Waals surface area contributed by atoms with Crippen LogP contribution < -0.4 is 11.1 Å². The van der Waals surface area contributed by atoms with Gasteiger partial charge < -0.3 is 11.1 Å². The number of carbonyl (C=O) groups excluding carboxylic acids is 1. The molecule has 0 spiro atoms. The minimum absolute atomic E-state index is 0.0982. The highest BCUT2D eigenvalue weighted by Crippen LogP contribution is 2.39. The highest BCUT2D eigenvalue weighted by Gasteiger charge is 2.20. The number of amides is 1. The van der Waals surface area contributed by atoms with Crippen LogP contribution in [0.2, 0.25) is 0 Å². The number of allylic oxidation sites excluding steroid dienone is 1. The summed E-state index contributed by atoms with van der Waals surface area (Å²) in [6.07, 6.45) is 3.52. The van der Waals surface area contributed by atoms with Gasteiger partial charge in [-0.2, -0.15) is 0 Å². The predicted octanol–water partition coefficient (Wildman–Crippen LogP) is 4.67. The van der Waals surface area contributed by atoms with E-state index < -0.39 is 0 Å². The minimum atomic E-state index is -0.0982. The maximum Gasteiger partial charge on any atom is 0.234 e. The van der Waals surface area contributed by atoms with Crippen LogP contribution in [-0.4, -0.2) is 31.4 Å². The molecule has 158 valence electrons. The fourth-order valence-electron chi connectivity index (χ4n) is 3.16. The smallest absolute Gasteiger partial charge is 0.234 e. The normalized spacial score (nSPS) is 11.0. The summed E-state index contributed by atoms with van der Waals surface area (Å²) in [6.45, 7) is 8.31. The van der Waals surface area contributed by atoms with Crippen molar-refractivity contribution in [1.82, 2.24) is 19.7 Å². The van der Waals surface area contributed by atoms with E-state index in [-0.39, 0.29) is 11.7 Å². The van der Waals surface area contributed by atoms with Gasteiger partial charge in [-0.3, -0.25) is 9.36 Å². The molecule has 31 heavy (non-hydrogen) atoms. The first-order valence-corrected chi connectivity index (χ1v) is 11.5. The molecule has 4 aromatic rings. The Morgan fingerprint density at radius 2 is 2.16 bits per heavy atom. The maximum atomic E-state index is 12.5. The molecule has 0 fully saturated rings. The Morgan fingerprint density at radius 3 is 2.94 bits per heavy atom. The van der Waals surface area contributed by atoms with E-state index in [4.69, 9.17) is 5.73 Å². The van der Waals surface area contributed by atoms with E-state index in [0.29, 0.717) is 23.2 Å². The quantitative estimate of drug-likeness (QED) is 0.314. The SMILES string of the molecule is C=CCn1c(SCC(=O)Nc2cc(C)ccc2C)nnc1-c1sc2ncccc2c1N. The number of anilines is 2. The molecule has 0 aliphatic carbocycles. The van der Waals surface area contributed by atoms with E-state index >= 15 is 0 Å². The van der Waals surface area contributed by atoms with Crippen LogP contribution in [0.1, 0.15) is 11.1 Å². The topological polar surface area (TPSA) is 98.7 Å². The number of fused-ring (bicyclic) bond motifs is 1. The number of benzene rings is 1. The van der Waals surface area contributed by atoms with E-state index in [1.807, 2.05) is 48.7 Å². The number of carbonyl (C=O) groups is 1. The van der Waals surface area contributed by atoms with Crippen LogP contribution in [0.4, 0.5) is 11.4 Å². The standard InChI is InChI=1S/C22H22N6OS2/c1-4-10-28-20(19-18(23)15-6-5-9-24-21(15)31-19)26-27-22(28)30-12-17(29)25-16-11-13(2)7-8-14(16)3/h4-9,11H,1,10,12,23H2,2-3H3,(H,25,29). The number of aromatic nitrogens is 4. The second-order valence-electron chi connectivity index (χ2n) is 7.06. The number of pyridine rings is 1. The van der Waals surface area contributed by atoms with Crippen molar-refractivity contribution in [2.45, 2.75) is 25.5 Å². The Hall–Kier alpha value is -3.17. The van der Waals surface area contributed by atoms with Gasteiger partial charge in [-0.15, -0.1) is 28.1 Å². The number of nitrogens with zero attached hydrogens (tertiary/aromatic N) is 4. The molecular formula is C22H22N6OS2. The molecule has 0 aliphatic rings. The number of thioether (sulfide) groups is 1. The van der Waals surface area contributed by atoms with E-state index in [1.54, 1.807) is 12.3 Å². The van der Waals surface area contributed by atoms with Crippen molar-refractivity contribution in [3.05, 3.63) is 60.3 Å². The van der Waals surface area contributed by atoms with E-state index in [9.17, 15) is 4.79 Å². The molecule has 0 saturated carbocycles. The van der Waals surface area contributed by atoms with Crippen LogP contribution in [0.15, 0.2) is 54.3 Å². The Kier molecular flexibility index (Phi) is 6.06. The van der Waals surface area contributed by atoms with Gasteiger partial charge in [0.25, 0.3) is 0 Å². The molecule has 3 heterocycles. The summed E-state index contributed by atoms with van der Waals surface area (Å²) in [5.74, 6) is 0.767. The second-order valence-corrected chi connectivity index (χ2v) is 9.00. The average molecular weight is 451 g/mol. The molecule has 3 N–H and O–H groups in total. The predicted molar refractivity (Wildman–Crippen MR) is 129 cm³/mol. The number of hydrogen-bond acceptors (Lipinski definition) is 7. The van der Waals surface area contributed by atoms with Gasteiger partial charge >= 0.3 is 0 Å². The molecule has 1 aromatic carbocycles. The third-order valence-corrected chi connectivity index (χ3v) is 6.83. The molecule has 0 bridgehead atoms. The van der Waals surface area contributed by atoms with Gasteiger partial charge in [-0.25, -0.2) is 4.98 Å². The fraction of sp³-hybridized carbons (Fsp3) is 0.182. The highest BCUT2D eigenvalue weighted by molar-refractivity contribution is 7.99. The zero-order chi connectivity index (χ0) is 22.0. The van der Waals surface area contributed by atoms with Crippen molar-refractivity contribution in [2.75, 3.05) is 16.8 Å². The van der Waals surface area contributed by atoms with Crippen molar-refractivity contribution >= 4 is 50.6 Å². The van der Waals surface area contributed by atoms with E-state index in [2.05, 4.69) is 27.1 Å². The lowest BCUT2D eigenvalue weighted by molar-refractivity contribution is -0.113. The Bertz CT molecular complexity index is 1280. The summed E-state index contributed by atoms with van der Waals surface area (Å²) in [6, 6.07) is 9.79. The number of nitrogens with one attached hydrogen (secondary N) is 1. The molecule has 7 nitrogen and oxygen atoms in total. The number of aryl methyl sites for hydroxylation is 2. The Morgan fingerprint density at radius 1 is 1.32 bits per heavy atom. The highest BCUT2D eigenvalue weighted by atomic mass is 32.2. The Labute approximate surface area is 188 Å². The maximum absolute atomic E-state index is 12.5. The summed E-state index contributed by atoms with van der Waals surface area (Å²) in [5, 5.41) is 13.2. The van der Waals surface area contributed by atoms with Crippen LogP contribution >= 0.6 is 23.1 Å². The Balaban J connectivity index is 1.56. The van der Waals surface area contributed by atoms with Gasteiger partial charge in [0.2, 0.25) is 5.91 Å². The van der Waals surface area contributed by atoms with Gasteiger partial charge in [0, 0.05) is 23.8 Å². The van der Waals surface area contributed by atoms with Crippen LogP contribution in [-0.2, 0) is 11.3 Å². The zero-order valence-electron chi connectivity index (χ0n) is 17.3. The van der Waals surface area contributed by atoms with Gasteiger partial charge in [0.15, 0.2) is 11.0 Å². The lowest BCUT2D eigenvalue weighted by atomic mass is 10.1. The molecule has 0 saturated heterocycles. The van der Waals surface area contributed by atoms with E-state index in [0.717, 1.165) is 31.9 Å². The fourth-order valence-corrected chi connectivity index (χ4v) is 4.97. The number of thiophene rings is 1. The van der Waals surface area contributed by atoms with Crippen molar-refractivity contribution in [3.8, 4) is 10.7 Å². The van der Waals surface area contributed by atoms with E-state index in [1.165, 1.54) is 23.1 Å². The monoisotopic (exact) mass is 450 g/mol. The molecule has 4 rings (SSSR count). The van der Waals surface area contributed by atoms with Crippen molar-refractivity contribution in [1.29, 1.82) is 0 Å². The summed E-state index contributed by atoms with van der Waals surface area (Å²) < 4.78 is 1.92. The van der Waals surface area contributed by atoms with Crippen LogP contribution in [0.25, 0.3) is 20.9 Å². The first-order chi connectivity index (χ1) is 15.0. The molecule has 0 unspecified atom stereocenters. The lowest BCUT2D eigenvalue weighted by Crippen LogP contribution is -2.15. The molecule has 3 aromatic heterocycles. The molecule has 9 heteroatoms. The van der Waals surface area contributed by atoms with Crippen molar-refractivity contribution in [2.24, 2.45) is 0 Å². The zero-order valence-corrected chi connectivity index (χ0v) is 18.9. The van der Waals surface area contributed by atoms with Crippen LogP contribution in [0.3, 0.4) is 0 Å². The number of hydrogen-bond donors (Lipinski definition) is 2. The summed E-state index contributed by atoms with van der Waals surface area (Å²) in [5.41, 5.74) is 9.95. The van der Waals surface area contributed by atoms with Crippen LogP contribution in [0.5, 0.6) is 0 Å². The largest absolute Gasteiger partial charge is 0.397 e. The molecule has 0 atom stereocenters. The van der Waals surface area contributed by atoms with Gasteiger partial charge in [-0.1, -0.05) is 30.0 Å². The number of rotatable bonds is 7. The van der Waals surface area contributed by atoms with Gasteiger partial charge in [0.1, 0.15) is 4.83 Å². The third kappa shape index (κ3) is 4.33. The number of nitrogen functional groups attached to an aromatic ring is 1. The lowest BCUT2D eigenvalue weighted by Gasteiger charge is -2.10. The summed E-state index contributed by atoms with van der Waals surface area (Å²) >= 11 is 2.81.